The Bertz CT molecular complexity index is 402. The first kappa shape index (κ1) is 14.1. The fourth-order valence-electron chi connectivity index (χ4n) is 1.87. The third-order valence-electron chi connectivity index (χ3n) is 3.00. The Labute approximate surface area is 121 Å². The Balaban J connectivity index is 2.17. The van der Waals surface area contributed by atoms with Crippen LogP contribution in [0.5, 0.6) is 0 Å². The van der Waals surface area contributed by atoms with Gasteiger partial charge in [-0.3, -0.25) is 4.90 Å². The Kier molecular flexibility index (Phi) is 5.26. The van der Waals surface area contributed by atoms with Gasteiger partial charge in [0.25, 0.3) is 0 Å². The summed E-state index contributed by atoms with van der Waals surface area (Å²) in [6.07, 6.45) is 2.94. The zero-order chi connectivity index (χ0) is 13.0. The van der Waals surface area contributed by atoms with Crippen molar-refractivity contribution < 1.29 is 0 Å². The number of anilines is 1. The summed E-state index contributed by atoms with van der Waals surface area (Å²) in [4.78, 5) is 11.5. The predicted octanol–water partition coefficient (Wildman–Crippen LogP) is 2.78. The van der Waals surface area contributed by atoms with Crippen LogP contribution < -0.4 is 5.32 Å². The minimum Gasteiger partial charge on any atom is -0.369 e. The van der Waals surface area contributed by atoms with Gasteiger partial charge in [0, 0.05) is 30.8 Å². The maximum atomic E-state index is 4.66. The Morgan fingerprint density at radius 3 is 3.17 bits per heavy atom. The molecule has 0 radical (unpaired) electrons. The summed E-state index contributed by atoms with van der Waals surface area (Å²) in [5.41, 5.74) is 0. The predicted molar refractivity (Wildman–Crippen MR) is 81.2 cm³/mol. The normalized spacial score (nSPS) is 20.9. The Morgan fingerprint density at radius 2 is 2.44 bits per heavy atom. The zero-order valence-corrected chi connectivity index (χ0v) is 13.2. The second kappa shape index (κ2) is 6.73. The summed E-state index contributed by atoms with van der Waals surface area (Å²) in [5.74, 6) is 4.10. The number of nitrogens with zero attached hydrogens (tertiary/aromatic N) is 3. The molecule has 18 heavy (non-hydrogen) atoms. The molecule has 1 aliphatic rings. The first-order valence-corrected chi connectivity index (χ1v) is 8.21. The van der Waals surface area contributed by atoms with Gasteiger partial charge in [0.05, 0.1) is 10.5 Å². The molecule has 1 fully saturated rings. The molecular formula is C12H19BrN4S. The number of nitrogens with one attached hydrogen (secondary N) is 1. The van der Waals surface area contributed by atoms with Crippen molar-refractivity contribution in [3.8, 4) is 0 Å². The van der Waals surface area contributed by atoms with Gasteiger partial charge in [-0.05, 0) is 29.4 Å². The molecule has 1 aromatic rings. The van der Waals surface area contributed by atoms with Crippen LogP contribution in [0.15, 0.2) is 10.7 Å². The average Bonchev–Trinajstić information content (AvgIpc) is 2.39. The van der Waals surface area contributed by atoms with E-state index in [-0.39, 0.29) is 0 Å². The number of halogens is 1. The van der Waals surface area contributed by atoms with E-state index in [9.17, 15) is 0 Å². The maximum Gasteiger partial charge on any atom is 0.148 e. The van der Waals surface area contributed by atoms with Crippen molar-refractivity contribution in [1.29, 1.82) is 0 Å². The summed E-state index contributed by atoms with van der Waals surface area (Å²) in [6, 6.07) is 0.332. The van der Waals surface area contributed by atoms with Crippen LogP contribution in [-0.2, 0) is 0 Å². The summed E-state index contributed by atoms with van der Waals surface area (Å²) in [5, 5.41) is 3.33. The molecule has 1 saturated heterocycles. The molecule has 1 unspecified atom stereocenters. The van der Waals surface area contributed by atoms with Crippen molar-refractivity contribution in [2.24, 2.45) is 0 Å². The highest BCUT2D eigenvalue weighted by Crippen LogP contribution is 2.28. The number of hydrogen-bond acceptors (Lipinski definition) is 5. The quantitative estimate of drug-likeness (QED) is 0.919. The fraction of sp³-hybridized carbons (Fsp3) is 0.667. The topological polar surface area (TPSA) is 41.1 Å². The summed E-state index contributed by atoms with van der Waals surface area (Å²) in [7, 11) is 2.15. The average molecular weight is 331 g/mol. The summed E-state index contributed by atoms with van der Waals surface area (Å²) < 4.78 is 0.936. The molecule has 100 valence electrons. The number of rotatable bonds is 4. The number of thioether (sulfide) groups is 1. The Morgan fingerprint density at radius 1 is 1.61 bits per heavy atom. The summed E-state index contributed by atoms with van der Waals surface area (Å²) in [6.45, 7) is 4.19. The lowest BCUT2D eigenvalue weighted by molar-refractivity contribution is 0.264. The first-order chi connectivity index (χ1) is 8.72. The maximum absolute atomic E-state index is 4.66. The van der Waals surface area contributed by atoms with Gasteiger partial charge in [-0.1, -0.05) is 6.92 Å². The first-order valence-electron chi connectivity index (χ1n) is 6.26. The van der Waals surface area contributed by atoms with E-state index in [2.05, 4.69) is 50.1 Å². The van der Waals surface area contributed by atoms with Crippen LogP contribution in [0, 0.1) is 0 Å². The molecule has 0 amide bonds. The molecule has 0 aromatic carbocycles. The third kappa shape index (κ3) is 3.36. The molecule has 1 N–H and O–H groups in total. The molecule has 0 bridgehead atoms. The van der Waals surface area contributed by atoms with Gasteiger partial charge in [-0.15, -0.1) is 0 Å². The van der Waals surface area contributed by atoms with Crippen LogP contribution in [0.2, 0.25) is 0 Å². The monoisotopic (exact) mass is 330 g/mol. The van der Waals surface area contributed by atoms with Crippen molar-refractivity contribution >= 4 is 33.5 Å². The second-order valence-corrected chi connectivity index (χ2v) is 6.43. The molecular weight excluding hydrogens is 312 g/mol. The van der Waals surface area contributed by atoms with Gasteiger partial charge in [-0.25, -0.2) is 9.97 Å². The van der Waals surface area contributed by atoms with Gasteiger partial charge < -0.3 is 5.32 Å². The molecule has 1 aromatic heterocycles. The van der Waals surface area contributed by atoms with Gasteiger partial charge >= 0.3 is 0 Å². The van der Waals surface area contributed by atoms with Gasteiger partial charge in [0.1, 0.15) is 11.6 Å². The van der Waals surface area contributed by atoms with E-state index >= 15 is 0 Å². The minimum absolute atomic E-state index is 0.332. The van der Waals surface area contributed by atoms with E-state index in [1.807, 2.05) is 18.0 Å². The van der Waals surface area contributed by atoms with Crippen molar-refractivity contribution in [2.45, 2.75) is 19.4 Å². The molecule has 2 rings (SSSR count). The van der Waals surface area contributed by atoms with Crippen LogP contribution in [0.4, 0.5) is 5.82 Å². The van der Waals surface area contributed by atoms with E-state index in [0.29, 0.717) is 6.04 Å². The van der Waals surface area contributed by atoms with E-state index < -0.39 is 0 Å². The van der Waals surface area contributed by atoms with Crippen molar-refractivity contribution in [3.05, 3.63) is 16.5 Å². The van der Waals surface area contributed by atoms with Crippen molar-refractivity contribution in [1.82, 2.24) is 14.9 Å². The molecule has 0 saturated carbocycles. The van der Waals surface area contributed by atoms with Crippen LogP contribution >= 0.6 is 27.7 Å². The van der Waals surface area contributed by atoms with Gasteiger partial charge in [0.15, 0.2) is 0 Å². The summed E-state index contributed by atoms with van der Waals surface area (Å²) >= 11 is 5.47. The molecule has 2 heterocycles. The number of aromatic nitrogens is 2. The molecule has 6 heteroatoms. The molecule has 1 aliphatic heterocycles. The Hall–Kier alpha value is -0.330. The van der Waals surface area contributed by atoms with Crippen molar-refractivity contribution in [2.75, 3.05) is 37.0 Å². The third-order valence-corrected chi connectivity index (χ3v) is 4.60. The van der Waals surface area contributed by atoms with Crippen molar-refractivity contribution in [3.63, 3.8) is 0 Å². The van der Waals surface area contributed by atoms with Crippen LogP contribution in [0.25, 0.3) is 0 Å². The molecule has 4 nitrogen and oxygen atoms in total. The molecule has 1 atom stereocenters. The molecule has 0 aliphatic carbocycles. The van der Waals surface area contributed by atoms with Crippen LogP contribution in [0.3, 0.4) is 0 Å². The smallest absolute Gasteiger partial charge is 0.148 e. The number of hydrogen-bond donors (Lipinski definition) is 1. The molecule has 0 spiro atoms. The lowest BCUT2D eigenvalue weighted by Gasteiger charge is -2.31. The fourth-order valence-corrected chi connectivity index (χ4v) is 3.41. The lowest BCUT2D eigenvalue weighted by Crippen LogP contribution is -2.34. The highest BCUT2D eigenvalue weighted by Gasteiger charge is 2.24. The van der Waals surface area contributed by atoms with Crippen LogP contribution in [-0.4, -0.2) is 46.5 Å². The van der Waals surface area contributed by atoms with E-state index in [0.717, 1.165) is 41.4 Å². The van der Waals surface area contributed by atoms with E-state index in [1.165, 1.54) is 5.75 Å². The largest absolute Gasteiger partial charge is 0.369 e. The van der Waals surface area contributed by atoms with Crippen LogP contribution in [0.1, 0.15) is 25.2 Å². The SMILES string of the molecule is CCCNc1nc(C2CSCCN2C)ncc1Br. The van der Waals surface area contributed by atoms with E-state index in [4.69, 9.17) is 0 Å². The highest BCUT2D eigenvalue weighted by molar-refractivity contribution is 9.10. The second-order valence-electron chi connectivity index (χ2n) is 4.42. The van der Waals surface area contributed by atoms with Gasteiger partial charge in [-0.2, -0.15) is 11.8 Å². The minimum atomic E-state index is 0.332. The van der Waals surface area contributed by atoms with Gasteiger partial charge in [0.2, 0.25) is 0 Å². The standard InChI is InChI=1S/C12H19BrN4S/c1-3-4-14-11-9(13)7-15-12(16-11)10-8-18-6-5-17(10)2/h7,10H,3-6,8H2,1-2H3,(H,14,15,16). The van der Waals surface area contributed by atoms with E-state index in [1.54, 1.807) is 0 Å². The highest BCUT2D eigenvalue weighted by atomic mass is 79.9. The zero-order valence-electron chi connectivity index (χ0n) is 10.8. The lowest BCUT2D eigenvalue weighted by atomic mass is 10.2.